The normalized spacial score (nSPS) is 10.8. The lowest BCUT2D eigenvalue weighted by atomic mass is 10.0. The largest absolute Gasteiger partial charge is 0.496 e. The molecule has 19 heavy (non-hydrogen) atoms. The van der Waals surface area contributed by atoms with Gasteiger partial charge in [-0.3, -0.25) is 0 Å². The van der Waals surface area contributed by atoms with Crippen molar-refractivity contribution in [2.45, 2.75) is 6.54 Å². The lowest BCUT2D eigenvalue weighted by Crippen LogP contribution is -1.95. The van der Waals surface area contributed by atoms with Crippen LogP contribution < -0.4 is 10.5 Å². The van der Waals surface area contributed by atoms with E-state index >= 15 is 0 Å². The SMILES string of the molecule is COc1ccc2ccccc2c1-c1csc(CN)n1. The van der Waals surface area contributed by atoms with Crippen molar-refractivity contribution in [1.29, 1.82) is 0 Å². The van der Waals surface area contributed by atoms with E-state index in [1.165, 1.54) is 5.39 Å². The van der Waals surface area contributed by atoms with Gasteiger partial charge in [0.15, 0.2) is 0 Å². The number of thiazole rings is 1. The third-order valence-electron chi connectivity index (χ3n) is 3.09. The van der Waals surface area contributed by atoms with Gasteiger partial charge in [-0.2, -0.15) is 0 Å². The Kier molecular flexibility index (Phi) is 3.19. The van der Waals surface area contributed by atoms with Gasteiger partial charge >= 0.3 is 0 Å². The van der Waals surface area contributed by atoms with Gasteiger partial charge in [0, 0.05) is 11.9 Å². The number of hydrogen-bond acceptors (Lipinski definition) is 4. The Morgan fingerprint density at radius 2 is 2.05 bits per heavy atom. The van der Waals surface area contributed by atoms with Crippen molar-refractivity contribution in [2.75, 3.05) is 7.11 Å². The first kappa shape index (κ1) is 12.1. The van der Waals surface area contributed by atoms with Crippen molar-refractivity contribution in [3.05, 3.63) is 46.8 Å². The molecule has 3 nitrogen and oxygen atoms in total. The summed E-state index contributed by atoms with van der Waals surface area (Å²) in [6, 6.07) is 12.3. The molecule has 0 atom stereocenters. The summed E-state index contributed by atoms with van der Waals surface area (Å²) in [5, 5.41) is 5.30. The predicted octanol–water partition coefficient (Wildman–Crippen LogP) is 3.43. The fourth-order valence-electron chi connectivity index (χ4n) is 2.21. The van der Waals surface area contributed by atoms with Crippen molar-refractivity contribution >= 4 is 22.1 Å². The van der Waals surface area contributed by atoms with Gasteiger partial charge in [0.05, 0.1) is 18.4 Å². The first-order valence-electron chi connectivity index (χ1n) is 6.04. The molecule has 3 aromatic rings. The Labute approximate surface area is 115 Å². The third-order valence-corrected chi connectivity index (χ3v) is 3.96. The van der Waals surface area contributed by atoms with Crippen LogP contribution >= 0.6 is 11.3 Å². The summed E-state index contributed by atoms with van der Waals surface area (Å²) in [5.41, 5.74) is 7.61. The fraction of sp³-hybridized carbons (Fsp3) is 0.133. The molecule has 0 bridgehead atoms. The van der Waals surface area contributed by atoms with Gasteiger partial charge in [-0.25, -0.2) is 4.98 Å². The number of aromatic nitrogens is 1. The van der Waals surface area contributed by atoms with Crippen molar-refractivity contribution in [3.63, 3.8) is 0 Å². The Bertz CT molecular complexity index is 721. The van der Waals surface area contributed by atoms with Crippen LogP contribution in [0, 0.1) is 0 Å². The van der Waals surface area contributed by atoms with Crippen molar-refractivity contribution in [3.8, 4) is 17.0 Å². The van der Waals surface area contributed by atoms with E-state index in [4.69, 9.17) is 10.5 Å². The number of fused-ring (bicyclic) bond motifs is 1. The predicted molar refractivity (Wildman–Crippen MR) is 79.5 cm³/mol. The maximum atomic E-state index is 5.64. The van der Waals surface area contributed by atoms with E-state index < -0.39 is 0 Å². The zero-order valence-electron chi connectivity index (χ0n) is 10.6. The Hall–Kier alpha value is -1.91. The molecule has 96 valence electrons. The Balaban J connectivity index is 2.30. The molecule has 0 aliphatic carbocycles. The smallest absolute Gasteiger partial charge is 0.128 e. The summed E-state index contributed by atoms with van der Waals surface area (Å²) in [4.78, 5) is 4.57. The zero-order valence-corrected chi connectivity index (χ0v) is 11.4. The highest BCUT2D eigenvalue weighted by atomic mass is 32.1. The molecule has 2 aromatic carbocycles. The maximum Gasteiger partial charge on any atom is 0.128 e. The summed E-state index contributed by atoms with van der Waals surface area (Å²) < 4.78 is 5.48. The molecule has 0 aliphatic rings. The Morgan fingerprint density at radius 1 is 1.21 bits per heavy atom. The summed E-state index contributed by atoms with van der Waals surface area (Å²) in [5.74, 6) is 0.840. The monoisotopic (exact) mass is 270 g/mol. The van der Waals surface area contributed by atoms with E-state index in [-0.39, 0.29) is 0 Å². The number of benzene rings is 2. The summed E-state index contributed by atoms with van der Waals surface area (Å²) >= 11 is 1.58. The quantitative estimate of drug-likeness (QED) is 0.793. The molecule has 4 heteroatoms. The molecular formula is C15H14N2OS. The maximum absolute atomic E-state index is 5.64. The van der Waals surface area contributed by atoms with E-state index in [9.17, 15) is 0 Å². The molecule has 1 aromatic heterocycles. The van der Waals surface area contributed by atoms with Gasteiger partial charge in [-0.15, -0.1) is 11.3 Å². The number of methoxy groups -OCH3 is 1. The van der Waals surface area contributed by atoms with Gasteiger partial charge in [0.2, 0.25) is 0 Å². The molecule has 0 fully saturated rings. The first-order chi connectivity index (χ1) is 9.33. The number of ether oxygens (including phenoxy) is 1. The number of nitrogens with zero attached hydrogens (tertiary/aromatic N) is 1. The van der Waals surface area contributed by atoms with Crippen molar-refractivity contribution in [1.82, 2.24) is 4.98 Å². The topological polar surface area (TPSA) is 48.1 Å². The lowest BCUT2D eigenvalue weighted by Gasteiger charge is -2.10. The molecule has 2 N–H and O–H groups in total. The summed E-state index contributed by atoms with van der Waals surface area (Å²) in [6.45, 7) is 0.470. The molecule has 3 rings (SSSR count). The van der Waals surface area contributed by atoms with Crippen LogP contribution in [-0.4, -0.2) is 12.1 Å². The highest BCUT2D eigenvalue weighted by Gasteiger charge is 2.13. The van der Waals surface area contributed by atoms with Crippen molar-refractivity contribution in [2.24, 2.45) is 5.73 Å². The second-order valence-corrected chi connectivity index (χ2v) is 5.14. The van der Waals surface area contributed by atoms with Crippen molar-refractivity contribution < 1.29 is 4.74 Å². The molecule has 0 unspecified atom stereocenters. The molecule has 0 saturated carbocycles. The molecule has 0 aliphatic heterocycles. The fourth-order valence-corrected chi connectivity index (χ4v) is 2.87. The van der Waals surface area contributed by atoms with E-state index in [1.54, 1.807) is 18.4 Å². The highest BCUT2D eigenvalue weighted by Crippen LogP contribution is 2.37. The van der Waals surface area contributed by atoms with Gasteiger partial charge in [-0.1, -0.05) is 30.3 Å². The minimum Gasteiger partial charge on any atom is -0.496 e. The van der Waals surface area contributed by atoms with Gasteiger partial charge in [0.25, 0.3) is 0 Å². The van der Waals surface area contributed by atoms with Crippen LogP contribution in [0.15, 0.2) is 41.8 Å². The number of rotatable bonds is 3. The van der Waals surface area contributed by atoms with Crippen LogP contribution in [0.4, 0.5) is 0 Å². The van der Waals surface area contributed by atoms with Crippen LogP contribution in [-0.2, 0) is 6.54 Å². The van der Waals surface area contributed by atoms with Crippen LogP contribution in [0.3, 0.4) is 0 Å². The molecule has 0 spiro atoms. The molecule has 0 saturated heterocycles. The molecular weight excluding hydrogens is 256 g/mol. The third kappa shape index (κ3) is 2.09. The summed E-state index contributed by atoms with van der Waals surface area (Å²) in [7, 11) is 1.68. The molecule has 0 radical (unpaired) electrons. The van der Waals surface area contributed by atoms with E-state index in [0.29, 0.717) is 6.54 Å². The van der Waals surface area contributed by atoms with E-state index in [1.807, 2.05) is 23.6 Å². The number of hydrogen-bond donors (Lipinski definition) is 1. The second kappa shape index (κ2) is 4.99. The average molecular weight is 270 g/mol. The minimum absolute atomic E-state index is 0.470. The lowest BCUT2D eigenvalue weighted by molar-refractivity contribution is 0.417. The molecule has 1 heterocycles. The van der Waals surface area contributed by atoms with Crippen LogP contribution in [0.2, 0.25) is 0 Å². The van der Waals surface area contributed by atoms with Crippen LogP contribution in [0.5, 0.6) is 5.75 Å². The standard InChI is InChI=1S/C15H14N2OS/c1-18-13-7-6-10-4-2-3-5-11(10)15(13)12-9-19-14(8-16)17-12/h2-7,9H,8,16H2,1H3. The Morgan fingerprint density at radius 3 is 2.79 bits per heavy atom. The second-order valence-electron chi connectivity index (χ2n) is 4.19. The summed E-state index contributed by atoms with van der Waals surface area (Å²) in [6.07, 6.45) is 0. The minimum atomic E-state index is 0.470. The van der Waals surface area contributed by atoms with Crippen LogP contribution in [0.25, 0.3) is 22.0 Å². The average Bonchev–Trinajstić information content (AvgIpc) is 2.94. The highest BCUT2D eigenvalue weighted by molar-refractivity contribution is 7.09. The van der Waals surface area contributed by atoms with Gasteiger partial charge in [0.1, 0.15) is 10.8 Å². The van der Waals surface area contributed by atoms with E-state index in [0.717, 1.165) is 27.4 Å². The van der Waals surface area contributed by atoms with E-state index in [2.05, 4.69) is 23.2 Å². The first-order valence-corrected chi connectivity index (χ1v) is 6.92. The van der Waals surface area contributed by atoms with Gasteiger partial charge < -0.3 is 10.5 Å². The molecule has 0 amide bonds. The van der Waals surface area contributed by atoms with Gasteiger partial charge in [-0.05, 0) is 16.8 Å². The van der Waals surface area contributed by atoms with Crippen LogP contribution in [0.1, 0.15) is 5.01 Å². The number of nitrogens with two attached hydrogens (primary N) is 1. The zero-order chi connectivity index (χ0) is 13.2.